The Kier molecular flexibility index (Phi) is 3.99. The number of Topliss-reactive ketones (excluding diaryl/α,β-unsaturated/α-hetero) is 1. The third-order valence-electron chi connectivity index (χ3n) is 2.61. The molecule has 0 atom stereocenters. The highest BCUT2D eigenvalue weighted by Gasteiger charge is 2.13. The molecule has 0 radical (unpaired) electrons. The molecule has 20 heavy (non-hydrogen) atoms. The second kappa shape index (κ2) is 5.70. The number of nitro groups is 1. The Morgan fingerprint density at radius 2 is 2.30 bits per heavy atom. The molecule has 0 spiro atoms. The lowest BCUT2D eigenvalue weighted by Crippen LogP contribution is -2.10. The molecular weight excluding hydrogens is 286 g/mol. The standard InChI is InChI=1S/C12H10ClN3O4/c1-20-12-3-2-8(4-10(12)13)11(17)7-15-6-9(5-14-15)16(18)19/h2-6H,7H2,1H3. The van der Waals surface area contributed by atoms with E-state index in [2.05, 4.69) is 5.10 Å². The molecule has 0 unspecified atom stereocenters. The van der Waals surface area contributed by atoms with Gasteiger partial charge in [0.05, 0.1) is 17.1 Å². The first-order chi connectivity index (χ1) is 9.51. The van der Waals surface area contributed by atoms with Gasteiger partial charge < -0.3 is 4.74 Å². The molecule has 0 N–H and O–H groups in total. The number of halogens is 1. The molecule has 1 aromatic heterocycles. The van der Waals surface area contributed by atoms with Crippen LogP contribution in [0.15, 0.2) is 30.6 Å². The molecule has 0 aliphatic carbocycles. The monoisotopic (exact) mass is 295 g/mol. The fraction of sp³-hybridized carbons (Fsp3) is 0.167. The van der Waals surface area contributed by atoms with Gasteiger partial charge in [0.25, 0.3) is 0 Å². The normalized spacial score (nSPS) is 10.3. The number of aromatic nitrogens is 2. The van der Waals surface area contributed by atoms with Gasteiger partial charge in [0.2, 0.25) is 0 Å². The highest BCUT2D eigenvalue weighted by Crippen LogP contribution is 2.25. The number of benzene rings is 1. The van der Waals surface area contributed by atoms with Crippen molar-refractivity contribution >= 4 is 23.1 Å². The summed E-state index contributed by atoms with van der Waals surface area (Å²) in [6.07, 6.45) is 2.29. The van der Waals surface area contributed by atoms with E-state index in [-0.39, 0.29) is 18.0 Å². The topological polar surface area (TPSA) is 87.3 Å². The van der Waals surface area contributed by atoms with E-state index in [1.165, 1.54) is 24.1 Å². The lowest BCUT2D eigenvalue weighted by Gasteiger charge is -2.05. The van der Waals surface area contributed by atoms with Gasteiger partial charge in [0, 0.05) is 5.56 Å². The molecule has 2 aromatic rings. The van der Waals surface area contributed by atoms with Crippen molar-refractivity contribution in [2.75, 3.05) is 7.11 Å². The van der Waals surface area contributed by atoms with Gasteiger partial charge in [-0.05, 0) is 18.2 Å². The van der Waals surface area contributed by atoms with E-state index in [1.807, 2.05) is 0 Å². The zero-order chi connectivity index (χ0) is 14.7. The zero-order valence-electron chi connectivity index (χ0n) is 10.4. The van der Waals surface area contributed by atoms with Gasteiger partial charge in [-0.15, -0.1) is 0 Å². The van der Waals surface area contributed by atoms with Crippen molar-refractivity contribution < 1.29 is 14.5 Å². The number of ether oxygens (including phenoxy) is 1. The van der Waals surface area contributed by atoms with Crippen molar-refractivity contribution in [3.63, 3.8) is 0 Å². The van der Waals surface area contributed by atoms with Crippen LogP contribution in [0.25, 0.3) is 0 Å². The summed E-state index contributed by atoms with van der Waals surface area (Å²) in [5.41, 5.74) is 0.222. The lowest BCUT2D eigenvalue weighted by molar-refractivity contribution is -0.385. The first kappa shape index (κ1) is 14.0. The zero-order valence-corrected chi connectivity index (χ0v) is 11.2. The van der Waals surface area contributed by atoms with Crippen LogP contribution < -0.4 is 4.74 Å². The smallest absolute Gasteiger partial charge is 0.307 e. The van der Waals surface area contributed by atoms with Gasteiger partial charge in [0.1, 0.15) is 24.7 Å². The van der Waals surface area contributed by atoms with E-state index < -0.39 is 4.92 Å². The Labute approximate surface area is 118 Å². The Balaban J connectivity index is 2.15. The molecule has 0 aliphatic heterocycles. The van der Waals surface area contributed by atoms with Gasteiger partial charge in [-0.2, -0.15) is 5.10 Å². The summed E-state index contributed by atoms with van der Waals surface area (Å²) in [6.45, 7) is -0.101. The summed E-state index contributed by atoms with van der Waals surface area (Å²) < 4.78 is 6.20. The number of nitrogens with zero attached hydrogens (tertiary/aromatic N) is 3. The molecule has 0 bridgehead atoms. The molecule has 2 rings (SSSR count). The van der Waals surface area contributed by atoms with Crippen LogP contribution in [0, 0.1) is 10.1 Å². The minimum absolute atomic E-state index is 0.101. The van der Waals surface area contributed by atoms with Gasteiger partial charge in [-0.3, -0.25) is 19.6 Å². The first-order valence-electron chi connectivity index (χ1n) is 5.55. The van der Waals surface area contributed by atoms with Crippen molar-refractivity contribution in [1.82, 2.24) is 9.78 Å². The maximum atomic E-state index is 12.0. The summed E-state index contributed by atoms with van der Waals surface area (Å²) in [7, 11) is 1.48. The third kappa shape index (κ3) is 2.94. The fourth-order valence-corrected chi connectivity index (χ4v) is 1.87. The summed E-state index contributed by atoms with van der Waals surface area (Å²) in [6, 6.07) is 4.65. The van der Waals surface area contributed by atoms with Crippen molar-refractivity contribution in [3.05, 3.63) is 51.3 Å². The highest BCUT2D eigenvalue weighted by molar-refractivity contribution is 6.32. The second-order valence-electron chi connectivity index (χ2n) is 3.93. The van der Waals surface area contributed by atoms with E-state index in [9.17, 15) is 14.9 Å². The number of hydrogen-bond acceptors (Lipinski definition) is 5. The lowest BCUT2D eigenvalue weighted by atomic mass is 10.1. The quantitative estimate of drug-likeness (QED) is 0.480. The van der Waals surface area contributed by atoms with Crippen LogP contribution in [0.4, 0.5) is 5.69 Å². The van der Waals surface area contributed by atoms with Gasteiger partial charge in [-0.1, -0.05) is 11.6 Å². The summed E-state index contributed by atoms with van der Waals surface area (Å²) in [5, 5.41) is 14.6. The predicted molar refractivity (Wildman–Crippen MR) is 71.2 cm³/mol. The highest BCUT2D eigenvalue weighted by atomic mass is 35.5. The van der Waals surface area contributed by atoms with E-state index in [0.29, 0.717) is 16.3 Å². The third-order valence-corrected chi connectivity index (χ3v) is 2.91. The second-order valence-corrected chi connectivity index (χ2v) is 4.33. The van der Waals surface area contributed by atoms with Gasteiger partial charge >= 0.3 is 5.69 Å². The fourth-order valence-electron chi connectivity index (χ4n) is 1.61. The van der Waals surface area contributed by atoms with E-state index in [0.717, 1.165) is 6.20 Å². The van der Waals surface area contributed by atoms with Crippen LogP contribution in [-0.2, 0) is 6.54 Å². The van der Waals surface area contributed by atoms with Crippen LogP contribution >= 0.6 is 11.6 Å². The van der Waals surface area contributed by atoms with Crippen LogP contribution in [0.5, 0.6) is 5.75 Å². The Bertz CT molecular complexity index is 668. The molecule has 0 saturated heterocycles. The number of methoxy groups -OCH3 is 1. The summed E-state index contributed by atoms with van der Waals surface area (Å²) >= 11 is 5.93. The van der Waals surface area contributed by atoms with Gasteiger partial charge in [0.15, 0.2) is 5.78 Å². The molecule has 0 saturated carbocycles. The average Bonchev–Trinajstić information content (AvgIpc) is 2.87. The average molecular weight is 296 g/mol. The largest absolute Gasteiger partial charge is 0.495 e. The number of carbonyl (C=O) groups is 1. The molecule has 0 fully saturated rings. The van der Waals surface area contributed by atoms with Crippen molar-refractivity contribution in [1.29, 1.82) is 0 Å². The minimum atomic E-state index is -0.571. The molecule has 8 heteroatoms. The minimum Gasteiger partial charge on any atom is -0.495 e. The molecule has 0 amide bonds. The predicted octanol–water partition coefficient (Wildman–Crippen LogP) is 2.34. The molecule has 7 nitrogen and oxygen atoms in total. The Morgan fingerprint density at radius 3 is 2.85 bits per heavy atom. The number of rotatable bonds is 5. The van der Waals surface area contributed by atoms with Crippen molar-refractivity contribution in [3.8, 4) is 5.75 Å². The van der Waals surface area contributed by atoms with E-state index in [4.69, 9.17) is 16.3 Å². The van der Waals surface area contributed by atoms with Crippen LogP contribution in [0.3, 0.4) is 0 Å². The number of ketones is 1. The molecular formula is C12H10ClN3O4. The molecule has 1 aromatic carbocycles. The number of hydrogen-bond donors (Lipinski definition) is 0. The summed E-state index contributed by atoms with van der Waals surface area (Å²) in [4.78, 5) is 22.0. The first-order valence-corrected chi connectivity index (χ1v) is 5.92. The van der Waals surface area contributed by atoms with Crippen molar-refractivity contribution in [2.45, 2.75) is 6.54 Å². The number of carbonyl (C=O) groups excluding carboxylic acids is 1. The summed E-state index contributed by atoms with van der Waals surface area (Å²) in [5.74, 6) is 0.213. The van der Waals surface area contributed by atoms with Gasteiger partial charge in [-0.25, -0.2) is 0 Å². The van der Waals surface area contributed by atoms with Crippen LogP contribution in [0.2, 0.25) is 5.02 Å². The van der Waals surface area contributed by atoms with E-state index in [1.54, 1.807) is 12.1 Å². The molecule has 1 heterocycles. The Hall–Kier alpha value is -2.41. The molecule has 104 valence electrons. The Morgan fingerprint density at radius 1 is 1.55 bits per heavy atom. The maximum absolute atomic E-state index is 12.0. The van der Waals surface area contributed by atoms with Crippen LogP contribution in [-0.4, -0.2) is 27.6 Å². The van der Waals surface area contributed by atoms with Crippen molar-refractivity contribution in [2.24, 2.45) is 0 Å². The van der Waals surface area contributed by atoms with E-state index >= 15 is 0 Å². The van der Waals surface area contributed by atoms with Crippen LogP contribution in [0.1, 0.15) is 10.4 Å². The maximum Gasteiger partial charge on any atom is 0.307 e. The SMILES string of the molecule is COc1ccc(C(=O)Cn2cc([N+](=O)[O-])cn2)cc1Cl. The molecule has 0 aliphatic rings.